The maximum Gasteiger partial charge on any atom is 0.305 e. The lowest BCUT2D eigenvalue weighted by molar-refractivity contribution is -0.384. The first-order valence-electron chi connectivity index (χ1n) is 7.99. The number of nitro groups is 1. The molecule has 144 valence electrons. The third-order valence-electron chi connectivity index (χ3n) is 3.78. The van der Waals surface area contributed by atoms with Gasteiger partial charge in [0.2, 0.25) is 5.91 Å². The quantitative estimate of drug-likeness (QED) is 0.428. The third-order valence-corrected chi connectivity index (χ3v) is 4.86. The van der Waals surface area contributed by atoms with E-state index in [-0.39, 0.29) is 17.3 Å². The molecule has 0 unspecified atom stereocenters. The summed E-state index contributed by atoms with van der Waals surface area (Å²) in [5.74, 6) is -0.572. The number of thioether (sulfide) groups is 1. The first-order valence-corrected chi connectivity index (χ1v) is 8.87. The van der Waals surface area contributed by atoms with E-state index in [0.29, 0.717) is 22.6 Å². The molecule has 0 saturated carbocycles. The highest BCUT2D eigenvalue weighted by molar-refractivity contribution is 8.15. The van der Waals surface area contributed by atoms with Crippen molar-refractivity contribution < 1.29 is 24.0 Å². The molecular weight excluding hydrogens is 388 g/mol. The average Bonchev–Trinajstić information content (AvgIpc) is 3.21. The van der Waals surface area contributed by atoms with E-state index in [1.54, 1.807) is 25.1 Å². The topological polar surface area (TPSA) is 147 Å². The lowest BCUT2D eigenvalue weighted by Gasteiger charge is -2.02. The maximum absolute atomic E-state index is 11.6. The number of non-ortho nitro benzene ring substituents is 1. The van der Waals surface area contributed by atoms with Crippen LogP contribution in [0.1, 0.15) is 17.7 Å². The third kappa shape index (κ3) is 4.43. The Morgan fingerprint density at radius 2 is 2.21 bits per heavy atom. The van der Waals surface area contributed by atoms with Crippen LogP contribution in [0.15, 0.2) is 45.0 Å². The summed E-state index contributed by atoms with van der Waals surface area (Å²) in [6.07, 6.45) is 1.05. The number of carboxylic acids is 1. The Morgan fingerprint density at radius 1 is 1.43 bits per heavy atom. The number of amidine groups is 1. The van der Waals surface area contributed by atoms with Crippen molar-refractivity contribution in [3.05, 3.63) is 51.8 Å². The minimum Gasteiger partial charge on any atom is -0.481 e. The molecule has 0 aliphatic carbocycles. The van der Waals surface area contributed by atoms with Crippen molar-refractivity contribution in [1.82, 2.24) is 5.32 Å². The van der Waals surface area contributed by atoms with Crippen LogP contribution in [0.2, 0.25) is 0 Å². The van der Waals surface area contributed by atoms with Crippen molar-refractivity contribution in [3.8, 4) is 11.3 Å². The number of nitrogens with one attached hydrogen (secondary N) is 1. The van der Waals surface area contributed by atoms with Gasteiger partial charge in [0.05, 0.1) is 17.6 Å². The highest BCUT2D eigenvalue weighted by Gasteiger charge is 2.32. The summed E-state index contributed by atoms with van der Waals surface area (Å²) in [6, 6.07) is 7.84. The van der Waals surface area contributed by atoms with E-state index in [2.05, 4.69) is 15.5 Å². The number of benzene rings is 1. The minimum absolute atomic E-state index is 0.00253. The van der Waals surface area contributed by atoms with Crippen LogP contribution in [0.5, 0.6) is 0 Å². The zero-order chi connectivity index (χ0) is 20.3. The molecule has 1 fully saturated rings. The molecule has 1 aromatic heterocycles. The first kappa shape index (κ1) is 19.3. The van der Waals surface area contributed by atoms with E-state index in [1.165, 1.54) is 18.3 Å². The number of carbonyl (C=O) groups is 2. The summed E-state index contributed by atoms with van der Waals surface area (Å²) >= 11 is 0.999. The number of aliphatic carboxylic acids is 1. The van der Waals surface area contributed by atoms with Crippen LogP contribution in [0.3, 0.4) is 0 Å². The van der Waals surface area contributed by atoms with Crippen LogP contribution in [0.4, 0.5) is 5.69 Å². The van der Waals surface area contributed by atoms with Crippen molar-refractivity contribution >= 4 is 40.7 Å². The van der Waals surface area contributed by atoms with Gasteiger partial charge in [0, 0.05) is 17.7 Å². The fraction of sp³-hybridized carbons (Fsp3) is 0.176. The second-order valence-electron chi connectivity index (χ2n) is 5.80. The Hall–Kier alpha value is -3.47. The lowest BCUT2D eigenvalue weighted by Crippen LogP contribution is -2.26. The van der Waals surface area contributed by atoms with E-state index in [0.717, 1.165) is 11.8 Å². The highest BCUT2D eigenvalue weighted by Crippen LogP contribution is 2.28. The normalized spacial score (nSPS) is 18.0. The van der Waals surface area contributed by atoms with Crippen LogP contribution in [0, 0.1) is 17.0 Å². The van der Waals surface area contributed by atoms with Gasteiger partial charge in [-0.3, -0.25) is 19.7 Å². The van der Waals surface area contributed by atoms with Gasteiger partial charge in [-0.15, -0.1) is 5.10 Å². The molecular formula is C17H14N4O6S. The van der Waals surface area contributed by atoms with Crippen molar-refractivity contribution in [2.45, 2.75) is 18.6 Å². The molecule has 1 aliphatic rings. The number of aryl methyl sites for hydroxylation is 1. The fourth-order valence-electron chi connectivity index (χ4n) is 2.49. The number of carboxylic acid groups (broad SMARTS) is 1. The summed E-state index contributed by atoms with van der Waals surface area (Å²) in [5, 5.41) is 29.2. The second kappa shape index (κ2) is 8.05. The predicted octanol–water partition coefficient (Wildman–Crippen LogP) is 2.56. The van der Waals surface area contributed by atoms with Crippen molar-refractivity contribution in [3.63, 3.8) is 0 Å². The monoisotopic (exact) mass is 402 g/mol. The Morgan fingerprint density at radius 3 is 2.89 bits per heavy atom. The number of amides is 1. The average molecular weight is 402 g/mol. The molecule has 2 N–H and O–H groups in total. The van der Waals surface area contributed by atoms with Gasteiger partial charge in [-0.2, -0.15) is 5.10 Å². The molecule has 1 amide bonds. The van der Waals surface area contributed by atoms with Gasteiger partial charge >= 0.3 is 5.97 Å². The molecule has 2 aromatic rings. The molecule has 0 radical (unpaired) electrons. The Labute approximate surface area is 162 Å². The first-order chi connectivity index (χ1) is 13.3. The van der Waals surface area contributed by atoms with E-state index in [9.17, 15) is 19.7 Å². The fourth-order valence-corrected chi connectivity index (χ4v) is 3.40. The molecule has 1 saturated heterocycles. The molecule has 3 rings (SSSR count). The van der Waals surface area contributed by atoms with Crippen molar-refractivity contribution in [2.75, 3.05) is 0 Å². The number of hydrogen-bond acceptors (Lipinski definition) is 8. The van der Waals surface area contributed by atoms with Gasteiger partial charge < -0.3 is 14.8 Å². The van der Waals surface area contributed by atoms with Crippen LogP contribution < -0.4 is 5.32 Å². The van der Waals surface area contributed by atoms with Gasteiger partial charge in [-0.05, 0) is 30.7 Å². The summed E-state index contributed by atoms with van der Waals surface area (Å²) in [4.78, 5) is 32.7. The van der Waals surface area contributed by atoms with E-state index >= 15 is 0 Å². The van der Waals surface area contributed by atoms with Crippen LogP contribution in [0.25, 0.3) is 11.3 Å². The van der Waals surface area contributed by atoms with Gasteiger partial charge in [-0.1, -0.05) is 11.8 Å². The number of furan rings is 1. The zero-order valence-corrected chi connectivity index (χ0v) is 15.3. The number of carbonyl (C=O) groups excluding carboxylic acids is 1. The molecule has 0 spiro atoms. The molecule has 10 nitrogen and oxygen atoms in total. The van der Waals surface area contributed by atoms with Crippen LogP contribution in [-0.4, -0.2) is 38.5 Å². The van der Waals surface area contributed by atoms with E-state index in [1.807, 2.05) is 0 Å². The SMILES string of the molecule is Cc1cc([N+](=O)[O-])ccc1-c1ccc(/C=N\N=C2\NC(=O)[C@@H](CC(=O)O)S2)o1. The molecule has 0 bridgehead atoms. The van der Waals surface area contributed by atoms with Gasteiger partial charge in [0.15, 0.2) is 5.17 Å². The smallest absolute Gasteiger partial charge is 0.305 e. The summed E-state index contributed by atoms with van der Waals surface area (Å²) in [7, 11) is 0. The van der Waals surface area contributed by atoms with Gasteiger partial charge in [0.25, 0.3) is 5.69 Å². The molecule has 1 aromatic carbocycles. The summed E-state index contributed by atoms with van der Waals surface area (Å²) in [5.41, 5.74) is 1.41. The molecule has 1 atom stereocenters. The lowest BCUT2D eigenvalue weighted by atomic mass is 10.1. The summed E-state index contributed by atoms with van der Waals surface area (Å²) in [6.45, 7) is 1.75. The van der Waals surface area contributed by atoms with Crippen molar-refractivity contribution in [1.29, 1.82) is 0 Å². The number of hydrogen-bond donors (Lipinski definition) is 2. The molecule has 2 heterocycles. The second-order valence-corrected chi connectivity index (χ2v) is 6.99. The number of nitro benzene ring substituents is 1. The van der Waals surface area contributed by atoms with Gasteiger partial charge in [-0.25, -0.2) is 0 Å². The van der Waals surface area contributed by atoms with E-state index in [4.69, 9.17) is 9.52 Å². The number of nitrogens with zero attached hydrogens (tertiary/aromatic N) is 3. The Kier molecular flexibility index (Phi) is 5.54. The standard InChI is InChI=1S/C17H14N4O6S/c1-9-6-10(21(25)26)2-4-12(9)13-5-3-11(27-13)8-18-20-17-19-16(24)14(28-17)7-15(22)23/h2-6,8,14H,7H2,1H3,(H,22,23)(H,19,20,24)/b18-8-/t14-/m1/s1. The van der Waals surface area contributed by atoms with Crippen LogP contribution in [-0.2, 0) is 9.59 Å². The van der Waals surface area contributed by atoms with Crippen LogP contribution >= 0.6 is 11.8 Å². The maximum atomic E-state index is 11.6. The minimum atomic E-state index is -1.07. The highest BCUT2D eigenvalue weighted by atomic mass is 32.2. The van der Waals surface area contributed by atoms with Crippen molar-refractivity contribution in [2.24, 2.45) is 10.2 Å². The molecule has 11 heteroatoms. The Bertz CT molecular complexity index is 1010. The molecule has 1 aliphatic heterocycles. The largest absolute Gasteiger partial charge is 0.481 e. The zero-order valence-electron chi connectivity index (χ0n) is 14.5. The number of rotatable bonds is 6. The Balaban J connectivity index is 1.69. The summed E-state index contributed by atoms with van der Waals surface area (Å²) < 4.78 is 5.65. The molecule has 28 heavy (non-hydrogen) atoms. The van der Waals surface area contributed by atoms with Gasteiger partial charge in [0.1, 0.15) is 16.8 Å². The van der Waals surface area contributed by atoms with E-state index < -0.39 is 22.0 Å². The predicted molar refractivity (Wildman–Crippen MR) is 102 cm³/mol.